The van der Waals surface area contributed by atoms with E-state index in [0.717, 1.165) is 11.0 Å². The SMILES string of the molecule is O=C1CCC(n2c(Cl)nc3ccccc32)C(=O)N1. The van der Waals surface area contributed by atoms with Crippen LogP contribution in [0.15, 0.2) is 24.3 Å². The van der Waals surface area contributed by atoms with E-state index in [1.807, 2.05) is 24.3 Å². The zero-order valence-electron chi connectivity index (χ0n) is 9.39. The van der Waals surface area contributed by atoms with Crippen molar-refractivity contribution < 1.29 is 9.59 Å². The monoisotopic (exact) mass is 263 g/mol. The van der Waals surface area contributed by atoms with Gasteiger partial charge in [0.2, 0.25) is 17.1 Å². The molecule has 18 heavy (non-hydrogen) atoms. The summed E-state index contributed by atoms with van der Waals surface area (Å²) in [5, 5.41) is 2.59. The quantitative estimate of drug-likeness (QED) is 0.796. The van der Waals surface area contributed by atoms with Gasteiger partial charge in [-0.1, -0.05) is 12.1 Å². The summed E-state index contributed by atoms with van der Waals surface area (Å²) in [6.07, 6.45) is 0.768. The highest BCUT2D eigenvalue weighted by Crippen LogP contribution is 2.28. The highest BCUT2D eigenvalue weighted by atomic mass is 35.5. The number of piperidine rings is 1. The van der Waals surface area contributed by atoms with Crippen LogP contribution in [-0.4, -0.2) is 21.4 Å². The first-order valence-corrected chi connectivity index (χ1v) is 6.01. The minimum atomic E-state index is -0.470. The normalized spacial score (nSPS) is 20.2. The van der Waals surface area contributed by atoms with Gasteiger partial charge in [-0.05, 0) is 30.2 Å². The number of hydrogen-bond acceptors (Lipinski definition) is 3. The molecule has 6 heteroatoms. The fourth-order valence-corrected chi connectivity index (χ4v) is 2.54. The molecule has 1 aromatic heterocycles. The number of imide groups is 1. The molecule has 1 aliphatic heterocycles. The number of para-hydroxylation sites is 2. The van der Waals surface area contributed by atoms with Crippen molar-refractivity contribution in [2.45, 2.75) is 18.9 Å². The van der Waals surface area contributed by atoms with Crippen molar-refractivity contribution in [2.24, 2.45) is 0 Å². The van der Waals surface area contributed by atoms with E-state index in [1.165, 1.54) is 0 Å². The molecule has 5 nitrogen and oxygen atoms in total. The van der Waals surface area contributed by atoms with Crippen LogP contribution in [0.25, 0.3) is 11.0 Å². The summed E-state index contributed by atoms with van der Waals surface area (Å²) in [6, 6.07) is 6.95. The van der Waals surface area contributed by atoms with E-state index in [1.54, 1.807) is 4.57 Å². The van der Waals surface area contributed by atoms with Crippen LogP contribution in [-0.2, 0) is 9.59 Å². The molecule has 1 unspecified atom stereocenters. The predicted octanol–water partition coefficient (Wildman–Crippen LogP) is 1.67. The zero-order valence-corrected chi connectivity index (χ0v) is 10.1. The number of imidazole rings is 1. The molecule has 0 aliphatic carbocycles. The third kappa shape index (κ3) is 1.67. The van der Waals surface area contributed by atoms with Gasteiger partial charge in [0.25, 0.3) is 0 Å². The van der Waals surface area contributed by atoms with Gasteiger partial charge in [-0.2, -0.15) is 0 Å². The number of nitrogens with zero attached hydrogens (tertiary/aromatic N) is 2. The van der Waals surface area contributed by atoms with Crippen LogP contribution >= 0.6 is 11.6 Å². The molecule has 2 aromatic rings. The first kappa shape index (κ1) is 11.2. The number of amides is 2. The number of carbonyl (C=O) groups is 2. The van der Waals surface area contributed by atoms with Gasteiger partial charge in [-0.15, -0.1) is 0 Å². The standard InChI is InChI=1S/C12H10ClN3O2/c13-12-14-7-3-1-2-4-8(7)16(12)9-5-6-10(17)15-11(9)18/h1-4,9H,5-6H2,(H,15,17,18). The van der Waals surface area contributed by atoms with E-state index in [9.17, 15) is 9.59 Å². The molecular formula is C12H10ClN3O2. The molecule has 0 bridgehead atoms. The molecule has 0 spiro atoms. The van der Waals surface area contributed by atoms with Gasteiger partial charge >= 0.3 is 0 Å². The lowest BCUT2D eigenvalue weighted by Gasteiger charge is -2.23. The van der Waals surface area contributed by atoms with E-state index < -0.39 is 6.04 Å². The molecule has 1 saturated heterocycles. The summed E-state index contributed by atoms with van der Waals surface area (Å²) in [5.74, 6) is -0.562. The summed E-state index contributed by atoms with van der Waals surface area (Å²) in [4.78, 5) is 27.2. The Bertz CT molecular complexity index is 650. The number of hydrogen-bond donors (Lipinski definition) is 1. The van der Waals surface area contributed by atoms with E-state index in [4.69, 9.17) is 11.6 Å². The fraction of sp³-hybridized carbons (Fsp3) is 0.250. The van der Waals surface area contributed by atoms with Crippen molar-refractivity contribution in [2.75, 3.05) is 0 Å². The van der Waals surface area contributed by atoms with E-state index >= 15 is 0 Å². The van der Waals surface area contributed by atoms with Crippen molar-refractivity contribution in [3.05, 3.63) is 29.5 Å². The smallest absolute Gasteiger partial charge is 0.249 e. The highest BCUT2D eigenvalue weighted by molar-refractivity contribution is 6.29. The summed E-state index contributed by atoms with van der Waals surface area (Å²) in [6.45, 7) is 0. The van der Waals surface area contributed by atoms with Gasteiger partial charge in [0.15, 0.2) is 0 Å². The minimum Gasteiger partial charge on any atom is -0.302 e. The zero-order chi connectivity index (χ0) is 12.7. The van der Waals surface area contributed by atoms with Gasteiger partial charge in [-0.25, -0.2) is 4.98 Å². The Kier molecular flexibility index (Phi) is 2.56. The molecule has 1 aliphatic rings. The maximum Gasteiger partial charge on any atom is 0.249 e. The van der Waals surface area contributed by atoms with Gasteiger partial charge in [0.05, 0.1) is 11.0 Å². The molecule has 1 atom stereocenters. The maximum absolute atomic E-state index is 11.9. The molecule has 1 fully saturated rings. The lowest BCUT2D eigenvalue weighted by molar-refractivity contribution is -0.135. The fourth-order valence-electron chi connectivity index (χ4n) is 2.24. The number of fused-ring (bicyclic) bond motifs is 1. The van der Waals surface area contributed by atoms with Crippen molar-refractivity contribution in [3.8, 4) is 0 Å². The Balaban J connectivity index is 2.11. The molecule has 92 valence electrons. The van der Waals surface area contributed by atoms with Crippen LogP contribution in [0, 0.1) is 0 Å². The number of benzene rings is 1. The second-order valence-electron chi connectivity index (χ2n) is 4.21. The Morgan fingerprint density at radius 3 is 2.89 bits per heavy atom. The summed E-state index contributed by atoms with van der Waals surface area (Å²) in [7, 11) is 0. The maximum atomic E-state index is 11.9. The van der Waals surface area contributed by atoms with E-state index in [0.29, 0.717) is 12.8 Å². The first-order valence-electron chi connectivity index (χ1n) is 5.63. The van der Waals surface area contributed by atoms with Crippen molar-refractivity contribution in [1.29, 1.82) is 0 Å². The van der Waals surface area contributed by atoms with Gasteiger partial charge in [0.1, 0.15) is 6.04 Å². The molecule has 1 aromatic carbocycles. The predicted molar refractivity (Wildman–Crippen MR) is 66.2 cm³/mol. The molecule has 1 N–H and O–H groups in total. The van der Waals surface area contributed by atoms with Crippen LogP contribution in [0.4, 0.5) is 0 Å². The molecule has 0 radical (unpaired) electrons. The molecule has 2 amide bonds. The van der Waals surface area contributed by atoms with Crippen molar-refractivity contribution in [3.63, 3.8) is 0 Å². The number of rotatable bonds is 1. The van der Waals surface area contributed by atoms with Crippen LogP contribution in [0.5, 0.6) is 0 Å². The molecule has 3 rings (SSSR count). The second kappa shape index (κ2) is 4.10. The number of halogens is 1. The Morgan fingerprint density at radius 1 is 1.33 bits per heavy atom. The lowest BCUT2D eigenvalue weighted by atomic mass is 10.1. The Hall–Kier alpha value is -1.88. The van der Waals surface area contributed by atoms with Gasteiger partial charge in [0, 0.05) is 6.42 Å². The van der Waals surface area contributed by atoms with Crippen molar-refractivity contribution >= 4 is 34.4 Å². The average Bonchev–Trinajstić information content (AvgIpc) is 2.66. The number of nitrogens with one attached hydrogen (secondary N) is 1. The third-order valence-electron chi connectivity index (χ3n) is 3.07. The van der Waals surface area contributed by atoms with E-state index in [2.05, 4.69) is 10.3 Å². The van der Waals surface area contributed by atoms with Crippen molar-refractivity contribution in [1.82, 2.24) is 14.9 Å². The lowest BCUT2D eigenvalue weighted by Crippen LogP contribution is -2.41. The number of carbonyl (C=O) groups excluding carboxylic acids is 2. The highest BCUT2D eigenvalue weighted by Gasteiger charge is 2.30. The topological polar surface area (TPSA) is 64.0 Å². The molecule has 2 heterocycles. The van der Waals surface area contributed by atoms with Crippen LogP contribution in [0.1, 0.15) is 18.9 Å². The van der Waals surface area contributed by atoms with E-state index in [-0.39, 0.29) is 17.1 Å². The van der Waals surface area contributed by atoms with Crippen LogP contribution in [0.2, 0.25) is 5.28 Å². The summed E-state index contributed by atoms with van der Waals surface area (Å²) in [5.41, 5.74) is 1.55. The minimum absolute atomic E-state index is 0.239. The van der Waals surface area contributed by atoms with Gasteiger partial charge < -0.3 is 4.57 Å². The largest absolute Gasteiger partial charge is 0.302 e. The Labute approximate surface area is 108 Å². The van der Waals surface area contributed by atoms with Crippen LogP contribution in [0.3, 0.4) is 0 Å². The molecule has 0 saturated carbocycles. The second-order valence-corrected chi connectivity index (χ2v) is 4.54. The van der Waals surface area contributed by atoms with Crippen LogP contribution < -0.4 is 5.32 Å². The summed E-state index contributed by atoms with van der Waals surface area (Å²) < 4.78 is 1.68. The molecular weight excluding hydrogens is 254 g/mol. The Morgan fingerprint density at radius 2 is 2.11 bits per heavy atom. The number of aromatic nitrogens is 2. The summed E-state index contributed by atoms with van der Waals surface area (Å²) >= 11 is 6.09. The third-order valence-corrected chi connectivity index (χ3v) is 3.34. The first-order chi connectivity index (χ1) is 8.66. The van der Waals surface area contributed by atoms with Gasteiger partial charge in [-0.3, -0.25) is 14.9 Å². The average molecular weight is 264 g/mol.